The minimum Gasteiger partial charge on any atom is -0.497 e. The molecule has 2 aromatic rings. The summed E-state index contributed by atoms with van der Waals surface area (Å²) < 4.78 is 31.7. The highest BCUT2D eigenvalue weighted by molar-refractivity contribution is 8.00. The monoisotopic (exact) mass is 416 g/mol. The zero-order valence-corrected chi connectivity index (χ0v) is 17.2. The first-order valence-electron chi connectivity index (χ1n) is 7.62. The fraction of sp³-hybridized carbons (Fsp3) is 0.400. The number of benzene rings is 1. The molecule has 1 amide bonds. The number of hydrogen-bond donors (Lipinski definition) is 1. The number of ether oxygens (including phenoxy) is 1. The average molecular weight is 417 g/mol. The average Bonchev–Trinajstić information content (AvgIpc) is 3.06. The Morgan fingerprint density at radius 3 is 2.46 bits per heavy atom. The number of hydrogen-bond acceptors (Lipinski definition) is 8. The van der Waals surface area contributed by atoms with Crippen molar-refractivity contribution in [2.75, 3.05) is 29.2 Å². The van der Waals surface area contributed by atoms with Crippen molar-refractivity contribution in [2.24, 2.45) is 0 Å². The summed E-state index contributed by atoms with van der Waals surface area (Å²) in [6.07, 6.45) is 3.22. The van der Waals surface area contributed by atoms with E-state index < -0.39 is 22.0 Å². The van der Waals surface area contributed by atoms with Gasteiger partial charge < -0.3 is 4.74 Å². The molecule has 0 spiro atoms. The molecule has 0 fully saturated rings. The van der Waals surface area contributed by atoms with Gasteiger partial charge in [-0.2, -0.15) is 0 Å². The van der Waals surface area contributed by atoms with Crippen LogP contribution < -0.4 is 14.4 Å². The van der Waals surface area contributed by atoms with Crippen molar-refractivity contribution in [1.29, 1.82) is 0 Å². The van der Waals surface area contributed by atoms with Crippen LogP contribution in [0.4, 0.5) is 10.8 Å². The maximum Gasteiger partial charge on any atom is 0.250 e. The number of carbonyl (C=O) groups is 1. The summed E-state index contributed by atoms with van der Waals surface area (Å²) in [5.41, 5.74) is 0.386. The van der Waals surface area contributed by atoms with Crippen LogP contribution in [0, 0.1) is 0 Å². The third kappa shape index (κ3) is 4.86. The highest BCUT2D eigenvalue weighted by atomic mass is 32.2. The summed E-state index contributed by atoms with van der Waals surface area (Å²) in [5.74, 6) is 0.135. The van der Waals surface area contributed by atoms with E-state index in [4.69, 9.17) is 4.74 Å². The van der Waals surface area contributed by atoms with Crippen LogP contribution in [-0.2, 0) is 14.8 Å². The topological polar surface area (TPSA) is 101 Å². The van der Waals surface area contributed by atoms with Crippen LogP contribution in [0.2, 0.25) is 0 Å². The summed E-state index contributed by atoms with van der Waals surface area (Å²) in [6.45, 7) is 1.75. The molecule has 8 nitrogen and oxygen atoms in total. The standard InChI is InChI=1S/C15H20N4O4S3/c1-5-12(13(20)16-14-17-18-15(24-3)25-14)19(26(4,21)22)10-6-8-11(23-2)9-7-10/h6-9,12H,5H2,1-4H3,(H,16,17,20)/t12-/m1/s1. The van der Waals surface area contributed by atoms with E-state index in [1.165, 1.54) is 30.2 Å². The molecular weight excluding hydrogens is 396 g/mol. The number of anilines is 2. The van der Waals surface area contributed by atoms with Crippen LogP contribution in [0.1, 0.15) is 13.3 Å². The van der Waals surface area contributed by atoms with Crippen molar-refractivity contribution in [2.45, 2.75) is 23.7 Å². The molecule has 26 heavy (non-hydrogen) atoms. The van der Waals surface area contributed by atoms with Gasteiger partial charge in [0.15, 0.2) is 4.34 Å². The molecule has 142 valence electrons. The number of nitrogens with zero attached hydrogens (tertiary/aromatic N) is 3. The zero-order valence-electron chi connectivity index (χ0n) is 14.8. The van der Waals surface area contributed by atoms with Gasteiger partial charge in [0.05, 0.1) is 19.1 Å². The number of nitrogens with one attached hydrogen (secondary N) is 1. The van der Waals surface area contributed by atoms with E-state index >= 15 is 0 Å². The van der Waals surface area contributed by atoms with Crippen molar-refractivity contribution in [3.8, 4) is 5.75 Å². The van der Waals surface area contributed by atoms with E-state index in [1.54, 1.807) is 31.2 Å². The predicted molar refractivity (Wildman–Crippen MR) is 105 cm³/mol. The lowest BCUT2D eigenvalue weighted by Gasteiger charge is -2.29. The van der Waals surface area contributed by atoms with Crippen LogP contribution in [-0.4, -0.2) is 50.2 Å². The van der Waals surface area contributed by atoms with Gasteiger partial charge >= 0.3 is 0 Å². The van der Waals surface area contributed by atoms with E-state index in [0.717, 1.165) is 10.6 Å². The van der Waals surface area contributed by atoms with Crippen LogP contribution >= 0.6 is 23.1 Å². The van der Waals surface area contributed by atoms with Gasteiger partial charge in [-0.25, -0.2) is 8.42 Å². The summed E-state index contributed by atoms with van der Waals surface area (Å²) >= 11 is 2.65. The quantitative estimate of drug-likeness (QED) is 0.521. The van der Waals surface area contributed by atoms with Crippen molar-refractivity contribution in [1.82, 2.24) is 10.2 Å². The molecule has 0 radical (unpaired) electrons. The van der Waals surface area contributed by atoms with Crippen LogP contribution in [0.3, 0.4) is 0 Å². The van der Waals surface area contributed by atoms with Crippen molar-refractivity contribution in [3.05, 3.63) is 24.3 Å². The highest BCUT2D eigenvalue weighted by Crippen LogP contribution is 2.27. The molecule has 1 N–H and O–H groups in total. The number of amides is 1. The van der Waals surface area contributed by atoms with Gasteiger partial charge in [-0.1, -0.05) is 30.0 Å². The van der Waals surface area contributed by atoms with Crippen molar-refractivity contribution >= 4 is 49.8 Å². The molecule has 1 heterocycles. The summed E-state index contributed by atoms with van der Waals surface area (Å²) in [4.78, 5) is 12.7. The normalized spacial score (nSPS) is 12.5. The molecular formula is C15H20N4O4S3. The Morgan fingerprint density at radius 1 is 1.35 bits per heavy atom. The van der Waals surface area contributed by atoms with Crippen LogP contribution in [0.5, 0.6) is 5.75 Å². The van der Waals surface area contributed by atoms with E-state index in [2.05, 4.69) is 15.5 Å². The smallest absolute Gasteiger partial charge is 0.250 e. The van der Waals surface area contributed by atoms with Gasteiger partial charge in [-0.05, 0) is 36.9 Å². The molecule has 0 saturated heterocycles. The Hall–Kier alpha value is -1.85. The number of rotatable bonds is 8. The summed E-state index contributed by atoms with van der Waals surface area (Å²) in [6, 6.07) is 5.58. The number of aromatic nitrogens is 2. The minimum absolute atomic E-state index is 0.291. The Bertz CT molecular complexity index is 852. The van der Waals surface area contributed by atoms with Gasteiger partial charge in [-0.15, -0.1) is 10.2 Å². The first-order valence-corrected chi connectivity index (χ1v) is 11.5. The molecule has 1 atom stereocenters. The van der Waals surface area contributed by atoms with E-state index in [0.29, 0.717) is 27.3 Å². The van der Waals surface area contributed by atoms with Gasteiger partial charge in [-0.3, -0.25) is 14.4 Å². The van der Waals surface area contributed by atoms with Crippen LogP contribution in [0.15, 0.2) is 28.6 Å². The predicted octanol–water partition coefficient (Wildman–Crippen LogP) is 2.45. The number of methoxy groups -OCH3 is 1. The second-order valence-electron chi connectivity index (χ2n) is 5.25. The number of sulfonamides is 1. The molecule has 1 aromatic carbocycles. The molecule has 0 unspecified atom stereocenters. The zero-order chi connectivity index (χ0) is 19.3. The minimum atomic E-state index is -3.69. The second-order valence-corrected chi connectivity index (χ2v) is 9.14. The Labute approximate surface area is 161 Å². The van der Waals surface area contributed by atoms with Crippen molar-refractivity contribution < 1.29 is 17.9 Å². The molecule has 1 aromatic heterocycles. The molecule has 0 bridgehead atoms. The molecule has 0 aliphatic heterocycles. The van der Waals surface area contributed by atoms with E-state index in [1.807, 2.05) is 6.26 Å². The van der Waals surface area contributed by atoms with Gasteiger partial charge in [0.25, 0.3) is 0 Å². The largest absolute Gasteiger partial charge is 0.497 e. The number of carbonyl (C=O) groups excluding carboxylic acids is 1. The van der Waals surface area contributed by atoms with Crippen molar-refractivity contribution in [3.63, 3.8) is 0 Å². The van der Waals surface area contributed by atoms with E-state index in [-0.39, 0.29) is 0 Å². The van der Waals surface area contributed by atoms with Gasteiger partial charge in [0.1, 0.15) is 11.8 Å². The summed E-state index contributed by atoms with van der Waals surface area (Å²) in [5, 5.41) is 10.8. The molecule has 0 saturated carbocycles. The first-order chi connectivity index (χ1) is 12.3. The second kappa shape index (κ2) is 8.69. The first kappa shape index (κ1) is 20.5. The number of thioether (sulfide) groups is 1. The third-order valence-corrected chi connectivity index (χ3v) is 6.46. The fourth-order valence-electron chi connectivity index (χ4n) is 2.32. The Kier molecular flexibility index (Phi) is 6.84. The lowest BCUT2D eigenvalue weighted by molar-refractivity contribution is -0.117. The third-order valence-electron chi connectivity index (χ3n) is 3.47. The fourth-order valence-corrected chi connectivity index (χ4v) is 4.71. The summed E-state index contributed by atoms with van der Waals surface area (Å²) in [7, 11) is -2.17. The SMILES string of the molecule is CC[C@H](C(=O)Nc1nnc(SC)s1)N(c1ccc(OC)cc1)S(C)(=O)=O. The molecule has 0 aliphatic rings. The highest BCUT2D eigenvalue weighted by Gasteiger charge is 2.32. The lowest BCUT2D eigenvalue weighted by atomic mass is 10.2. The Morgan fingerprint density at radius 2 is 2.00 bits per heavy atom. The lowest BCUT2D eigenvalue weighted by Crippen LogP contribution is -2.46. The van der Waals surface area contributed by atoms with E-state index in [9.17, 15) is 13.2 Å². The Balaban J connectivity index is 2.32. The molecule has 2 rings (SSSR count). The van der Waals surface area contributed by atoms with Gasteiger partial charge in [0.2, 0.25) is 21.1 Å². The molecule has 11 heteroatoms. The maximum atomic E-state index is 12.7. The van der Waals surface area contributed by atoms with Crippen LogP contribution in [0.25, 0.3) is 0 Å². The maximum absolute atomic E-state index is 12.7. The molecule has 0 aliphatic carbocycles. The van der Waals surface area contributed by atoms with Gasteiger partial charge in [0, 0.05) is 0 Å².